The van der Waals surface area contributed by atoms with Gasteiger partial charge in [-0.15, -0.1) is 0 Å². The zero-order valence-corrected chi connectivity index (χ0v) is 8.36. The molecule has 1 aromatic rings. The van der Waals surface area contributed by atoms with E-state index in [9.17, 15) is 4.79 Å². The van der Waals surface area contributed by atoms with E-state index < -0.39 is 6.09 Å². The average molecular weight is 197 g/mol. The first-order valence-corrected chi connectivity index (χ1v) is 4.22. The quantitative estimate of drug-likeness (QED) is 0.719. The molecule has 0 saturated heterocycles. The van der Waals surface area contributed by atoms with Crippen molar-refractivity contribution in [2.75, 3.05) is 7.11 Å². The van der Waals surface area contributed by atoms with Gasteiger partial charge in [0.05, 0.1) is 7.11 Å². The van der Waals surface area contributed by atoms with Gasteiger partial charge in [0.15, 0.2) is 0 Å². The molecule has 0 heterocycles. The molecule has 0 bridgehead atoms. The van der Waals surface area contributed by atoms with Crippen molar-refractivity contribution in [1.82, 2.24) is 0 Å². The van der Waals surface area contributed by atoms with Gasteiger partial charge < -0.3 is 15.6 Å². The fourth-order valence-electron chi connectivity index (χ4n) is 0.810. The number of aryl methyl sites for hydroxylation is 1. The molecule has 0 radical (unpaired) electrons. The molecule has 0 fully saturated rings. The van der Waals surface area contributed by atoms with Gasteiger partial charge in [-0.1, -0.05) is 25.1 Å². The second-order valence-corrected chi connectivity index (χ2v) is 2.51. The van der Waals surface area contributed by atoms with Crippen molar-refractivity contribution in [2.45, 2.75) is 13.3 Å². The van der Waals surface area contributed by atoms with Crippen molar-refractivity contribution in [3.8, 4) is 5.75 Å². The predicted molar refractivity (Wildman–Crippen MR) is 54.1 cm³/mol. The normalized spacial score (nSPS) is 8.43. The van der Waals surface area contributed by atoms with E-state index in [0.717, 1.165) is 12.0 Å². The third kappa shape index (κ3) is 5.03. The standard InChI is InChI=1S/C8H10O.C2H5NO2/c1-2-7-5-3-4-6-8(7)9;1-5-2(3)4/h3-6,9H,2H2,1H3;1H3,(H2,3,4). The lowest BCUT2D eigenvalue weighted by molar-refractivity contribution is 0.182. The van der Waals surface area contributed by atoms with Crippen LogP contribution in [0, 0.1) is 0 Å². The van der Waals surface area contributed by atoms with E-state index in [-0.39, 0.29) is 0 Å². The lowest BCUT2D eigenvalue weighted by Crippen LogP contribution is -2.08. The van der Waals surface area contributed by atoms with Crippen LogP contribution < -0.4 is 5.73 Å². The number of nitrogens with two attached hydrogens (primary N) is 1. The van der Waals surface area contributed by atoms with E-state index in [1.54, 1.807) is 6.07 Å². The number of carbonyl (C=O) groups excluding carboxylic acids is 1. The van der Waals surface area contributed by atoms with Gasteiger partial charge in [-0.05, 0) is 18.1 Å². The number of phenols is 1. The summed E-state index contributed by atoms with van der Waals surface area (Å²) in [6, 6.07) is 7.39. The Balaban J connectivity index is 0.000000292. The smallest absolute Gasteiger partial charge is 0.404 e. The first-order valence-electron chi connectivity index (χ1n) is 4.22. The van der Waals surface area contributed by atoms with E-state index in [2.05, 4.69) is 10.5 Å². The van der Waals surface area contributed by atoms with Gasteiger partial charge >= 0.3 is 6.09 Å². The van der Waals surface area contributed by atoms with Crippen LogP contribution in [0.5, 0.6) is 5.75 Å². The number of methoxy groups -OCH3 is 1. The maximum Gasteiger partial charge on any atom is 0.404 e. The Morgan fingerprint density at radius 3 is 2.29 bits per heavy atom. The minimum Gasteiger partial charge on any atom is -0.508 e. The van der Waals surface area contributed by atoms with Crippen LogP contribution in [-0.2, 0) is 11.2 Å². The molecule has 14 heavy (non-hydrogen) atoms. The van der Waals surface area contributed by atoms with Crippen LogP contribution in [0.1, 0.15) is 12.5 Å². The van der Waals surface area contributed by atoms with Crippen molar-refractivity contribution < 1.29 is 14.6 Å². The molecule has 0 spiro atoms. The number of para-hydroxylation sites is 1. The van der Waals surface area contributed by atoms with Crippen LogP contribution in [0.15, 0.2) is 24.3 Å². The maximum atomic E-state index is 9.37. The van der Waals surface area contributed by atoms with Crippen LogP contribution in [-0.4, -0.2) is 18.3 Å². The molecule has 0 aliphatic heterocycles. The molecular formula is C10H15NO3. The number of aromatic hydroxyl groups is 1. The molecule has 4 nitrogen and oxygen atoms in total. The van der Waals surface area contributed by atoms with Gasteiger partial charge in [0.25, 0.3) is 0 Å². The number of primary amides is 1. The van der Waals surface area contributed by atoms with Gasteiger partial charge in [0.2, 0.25) is 0 Å². The fraction of sp³-hybridized carbons (Fsp3) is 0.300. The number of ether oxygens (including phenoxy) is 1. The monoisotopic (exact) mass is 197 g/mol. The van der Waals surface area contributed by atoms with Gasteiger partial charge in [-0.3, -0.25) is 0 Å². The Morgan fingerprint density at radius 2 is 2.00 bits per heavy atom. The number of carbonyl (C=O) groups is 1. The van der Waals surface area contributed by atoms with Crippen LogP contribution in [0.25, 0.3) is 0 Å². The largest absolute Gasteiger partial charge is 0.508 e. The van der Waals surface area contributed by atoms with Crippen LogP contribution >= 0.6 is 0 Å². The molecule has 4 heteroatoms. The second-order valence-electron chi connectivity index (χ2n) is 2.51. The van der Waals surface area contributed by atoms with Gasteiger partial charge in [0.1, 0.15) is 5.75 Å². The van der Waals surface area contributed by atoms with E-state index in [1.165, 1.54) is 7.11 Å². The van der Waals surface area contributed by atoms with Gasteiger partial charge in [0, 0.05) is 0 Å². The lowest BCUT2D eigenvalue weighted by atomic mass is 10.1. The summed E-state index contributed by atoms with van der Waals surface area (Å²) in [5, 5.41) is 9.11. The Kier molecular flexibility index (Phi) is 5.94. The Morgan fingerprint density at radius 1 is 1.50 bits per heavy atom. The molecule has 0 aromatic heterocycles. The summed E-state index contributed by atoms with van der Waals surface area (Å²) in [4.78, 5) is 9.37. The van der Waals surface area contributed by atoms with Gasteiger partial charge in [-0.2, -0.15) is 0 Å². The highest BCUT2D eigenvalue weighted by molar-refractivity contribution is 5.64. The molecular weight excluding hydrogens is 182 g/mol. The number of rotatable bonds is 1. The molecule has 0 saturated carbocycles. The van der Waals surface area contributed by atoms with Crippen molar-refractivity contribution in [2.24, 2.45) is 5.73 Å². The molecule has 3 N–H and O–H groups in total. The highest BCUT2D eigenvalue weighted by Crippen LogP contribution is 2.14. The molecule has 0 aliphatic carbocycles. The van der Waals surface area contributed by atoms with Crippen molar-refractivity contribution >= 4 is 6.09 Å². The van der Waals surface area contributed by atoms with Crippen molar-refractivity contribution in [3.63, 3.8) is 0 Å². The van der Waals surface area contributed by atoms with Crippen LogP contribution in [0.3, 0.4) is 0 Å². The highest BCUT2D eigenvalue weighted by Gasteiger charge is 1.92. The van der Waals surface area contributed by atoms with Crippen LogP contribution in [0.4, 0.5) is 4.79 Å². The minimum atomic E-state index is -0.745. The number of hydrogen-bond acceptors (Lipinski definition) is 3. The molecule has 1 rings (SSSR count). The molecule has 0 unspecified atom stereocenters. The Hall–Kier alpha value is -1.71. The van der Waals surface area contributed by atoms with E-state index in [0.29, 0.717) is 5.75 Å². The summed E-state index contributed by atoms with van der Waals surface area (Å²) in [6.45, 7) is 2.02. The predicted octanol–water partition coefficient (Wildman–Crippen LogP) is 1.67. The zero-order valence-electron chi connectivity index (χ0n) is 8.36. The lowest BCUT2D eigenvalue weighted by Gasteiger charge is -1.97. The second kappa shape index (κ2) is 6.77. The summed E-state index contributed by atoms with van der Waals surface area (Å²) in [7, 11) is 1.22. The number of hydrogen-bond donors (Lipinski definition) is 2. The number of phenolic OH excluding ortho intramolecular Hbond substituents is 1. The summed E-state index contributed by atoms with van der Waals surface area (Å²) in [5.41, 5.74) is 5.44. The first-order chi connectivity index (χ1) is 6.61. The zero-order chi connectivity index (χ0) is 11.0. The molecule has 0 atom stereocenters. The molecule has 78 valence electrons. The SMILES string of the molecule is CCc1ccccc1O.COC(N)=O. The third-order valence-electron chi connectivity index (χ3n) is 1.57. The minimum absolute atomic E-state index is 0.403. The molecule has 1 aromatic carbocycles. The van der Waals surface area contributed by atoms with E-state index in [4.69, 9.17) is 5.11 Å². The van der Waals surface area contributed by atoms with E-state index in [1.807, 2.05) is 25.1 Å². The summed E-state index contributed by atoms with van der Waals surface area (Å²) >= 11 is 0. The number of amides is 1. The Bertz CT molecular complexity index is 286. The average Bonchev–Trinajstić information content (AvgIpc) is 2.19. The van der Waals surface area contributed by atoms with Crippen molar-refractivity contribution in [3.05, 3.63) is 29.8 Å². The topological polar surface area (TPSA) is 72.6 Å². The summed E-state index contributed by atoms with van der Waals surface area (Å²) in [6.07, 6.45) is 0.150. The van der Waals surface area contributed by atoms with Crippen molar-refractivity contribution in [1.29, 1.82) is 0 Å². The summed E-state index contributed by atoms with van der Waals surface area (Å²) in [5.74, 6) is 0.403. The molecule has 1 amide bonds. The highest BCUT2D eigenvalue weighted by atomic mass is 16.5. The number of benzene rings is 1. The van der Waals surface area contributed by atoms with Gasteiger partial charge in [-0.25, -0.2) is 4.79 Å². The third-order valence-corrected chi connectivity index (χ3v) is 1.57. The first kappa shape index (κ1) is 12.3. The van der Waals surface area contributed by atoms with Crippen LogP contribution in [0.2, 0.25) is 0 Å². The Labute approximate surface area is 83.3 Å². The molecule has 0 aliphatic rings. The summed E-state index contributed by atoms with van der Waals surface area (Å²) < 4.78 is 3.89. The fourth-order valence-corrected chi connectivity index (χ4v) is 0.810. The maximum absolute atomic E-state index is 9.37. The van der Waals surface area contributed by atoms with E-state index >= 15 is 0 Å².